The van der Waals surface area contributed by atoms with Crippen LogP contribution in [0.15, 0.2) is 48.7 Å². The molecule has 2 heterocycles. The number of aromatic nitrogens is 4. The average molecular weight is 353 g/mol. The normalized spacial score (nSPS) is 11.1. The first-order chi connectivity index (χ1) is 12.3. The molecule has 0 radical (unpaired) electrons. The molecule has 4 aromatic rings. The van der Waals surface area contributed by atoms with Crippen LogP contribution in [0.5, 0.6) is 0 Å². The quantitative estimate of drug-likeness (QED) is 0.315. The van der Waals surface area contributed by atoms with E-state index in [0.29, 0.717) is 0 Å². The van der Waals surface area contributed by atoms with Gasteiger partial charge in [-0.2, -0.15) is 10.6 Å². The van der Waals surface area contributed by atoms with Gasteiger partial charge in [0, 0.05) is 29.1 Å². The van der Waals surface area contributed by atoms with Crippen LogP contribution in [-0.2, 0) is 12.8 Å². The minimum atomic E-state index is 0.764. The van der Waals surface area contributed by atoms with Gasteiger partial charge in [0.25, 0.3) is 0 Å². The van der Waals surface area contributed by atoms with Crippen molar-refractivity contribution in [3.63, 3.8) is 0 Å². The predicted octanol–water partition coefficient (Wildman–Crippen LogP) is 2.53. The van der Waals surface area contributed by atoms with E-state index in [9.17, 15) is 5.21 Å². The number of benzene rings is 2. The highest BCUT2D eigenvalue weighted by molar-refractivity contribution is 7.15. The number of fused-ring (bicyclic) bond motifs is 1. The summed E-state index contributed by atoms with van der Waals surface area (Å²) in [4.78, 5) is 0. The Bertz CT molecular complexity index is 995. The van der Waals surface area contributed by atoms with Gasteiger partial charge in [0.05, 0.1) is 11.7 Å². The van der Waals surface area contributed by atoms with Gasteiger partial charge in [-0.05, 0) is 24.6 Å². The van der Waals surface area contributed by atoms with E-state index in [1.165, 1.54) is 11.3 Å². The molecule has 0 aliphatic carbocycles. The topological polar surface area (TPSA) is 103 Å². The highest BCUT2D eigenvalue weighted by atomic mass is 32.1. The zero-order valence-electron chi connectivity index (χ0n) is 13.3. The average Bonchev–Trinajstić information content (AvgIpc) is 3.29. The highest BCUT2D eigenvalue weighted by Crippen LogP contribution is 2.24. The second-order valence-corrected chi connectivity index (χ2v) is 6.69. The summed E-state index contributed by atoms with van der Waals surface area (Å²) in [5.41, 5.74) is 5.05. The van der Waals surface area contributed by atoms with E-state index in [1.807, 2.05) is 42.5 Å². The largest absolute Gasteiger partial charge is 0.330 e. The van der Waals surface area contributed by atoms with Gasteiger partial charge in [-0.25, -0.2) is 5.21 Å². The highest BCUT2D eigenvalue weighted by Gasteiger charge is 2.09. The van der Waals surface area contributed by atoms with Gasteiger partial charge < -0.3 is 5.32 Å². The van der Waals surface area contributed by atoms with Crippen LogP contribution in [0.2, 0.25) is 0 Å². The lowest BCUT2D eigenvalue weighted by Gasteiger charge is -2.02. The van der Waals surface area contributed by atoms with Crippen molar-refractivity contribution in [2.75, 3.05) is 5.32 Å². The molecule has 8 heteroatoms. The van der Waals surface area contributed by atoms with Crippen LogP contribution >= 0.6 is 11.3 Å². The number of aryl methyl sites for hydroxylation is 2. The van der Waals surface area contributed by atoms with Crippen LogP contribution < -0.4 is 10.8 Å². The molecule has 0 saturated heterocycles. The third-order valence-corrected chi connectivity index (χ3v) is 4.86. The first kappa shape index (κ1) is 15.7. The molecule has 0 aliphatic rings. The van der Waals surface area contributed by atoms with Crippen LogP contribution in [0.25, 0.3) is 10.9 Å². The third-order valence-electron chi connectivity index (χ3n) is 3.96. The summed E-state index contributed by atoms with van der Waals surface area (Å²) in [5.74, 6) is 0. The molecule has 0 saturated carbocycles. The first-order valence-corrected chi connectivity index (χ1v) is 8.71. The molecule has 0 spiro atoms. The Kier molecular flexibility index (Phi) is 4.38. The minimum Gasteiger partial charge on any atom is -0.330 e. The van der Waals surface area contributed by atoms with Gasteiger partial charge in [-0.3, -0.25) is 5.10 Å². The number of aromatic amines is 1. The number of hydrogen-bond acceptors (Lipinski definition) is 6. The Morgan fingerprint density at radius 2 is 2.04 bits per heavy atom. The van der Waals surface area contributed by atoms with Gasteiger partial charge in [-0.1, -0.05) is 29.5 Å². The summed E-state index contributed by atoms with van der Waals surface area (Å²) < 4.78 is 0. The van der Waals surface area contributed by atoms with E-state index in [4.69, 9.17) is 0 Å². The third kappa shape index (κ3) is 3.50. The summed E-state index contributed by atoms with van der Waals surface area (Å²) in [6.45, 7) is 0. The Morgan fingerprint density at radius 3 is 2.96 bits per heavy atom. The Labute approximate surface area is 147 Å². The van der Waals surface area contributed by atoms with E-state index in [0.717, 1.165) is 56.3 Å². The molecule has 7 nitrogen and oxygen atoms in total. The van der Waals surface area contributed by atoms with Crippen LogP contribution in [-0.4, -0.2) is 25.6 Å². The summed E-state index contributed by atoms with van der Waals surface area (Å²) >= 11 is 1.54. The monoisotopic (exact) mass is 353 g/mol. The van der Waals surface area contributed by atoms with Crippen molar-refractivity contribution >= 4 is 38.7 Å². The van der Waals surface area contributed by atoms with Crippen molar-refractivity contribution in [2.45, 2.75) is 12.8 Å². The van der Waals surface area contributed by atoms with E-state index in [-0.39, 0.29) is 0 Å². The van der Waals surface area contributed by atoms with Crippen LogP contribution in [0.3, 0.4) is 0 Å². The van der Waals surface area contributed by atoms with E-state index >= 15 is 0 Å². The zero-order valence-corrected chi connectivity index (χ0v) is 14.1. The van der Waals surface area contributed by atoms with Gasteiger partial charge in [0.1, 0.15) is 5.01 Å². The van der Waals surface area contributed by atoms with Crippen molar-refractivity contribution in [1.29, 1.82) is 0 Å². The molecule has 0 unspecified atom stereocenters. The number of H-pyrrole nitrogens is 1. The van der Waals surface area contributed by atoms with E-state index < -0.39 is 0 Å². The first-order valence-electron chi connectivity index (χ1n) is 7.90. The Balaban J connectivity index is 1.43. The maximum Gasteiger partial charge on any atom is 0.210 e. The standard InChI is InChI=1S/C17H16N6OS/c24-23-15-4-2-1-3-11(15)5-8-16-21-22-17(25-16)19-13-6-7-14-12(9-13)10-18-20-14/h1-4,6-7,9-10,23-24H,5,8H2,(H,18,20)(H,19,22)/p+1. The Hall–Kier alpha value is -2.81. The molecule has 0 fully saturated rings. The van der Waals surface area contributed by atoms with Crippen molar-refractivity contribution in [2.24, 2.45) is 0 Å². The fraction of sp³-hybridized carbons (Fsp3) is 0.118. The fourth-order valence-electron chi connectivity index (χ4n) is 2.68. The number of nitrogens with zero attached hydrogens (tertiary/aromatic N) is 3. The summed E-state index contributed by atoms with van der Waals surface area (Å²) in [7, 11) is 0. The van der Waals surface area contributed by atoms with Crippen LogP contribution in [0, 0.1) is 0 Å². The summed E-state index contributed by atoms with van der Waals surface area (Å²) in [5, 5.41) is 30.7. The second-order valence-electron chi connectivity index (χ2n) is 5.63. The lowest BCUT2D eigenvalue weighted by Crippen LogP contribution is -2.74. The molecule has 2 aromatic carbocycles. The van der Waals surface area contributed by atoms with Crippen molar-refractivity contribution < 1.29 is 10.7 Å². The summed E-state index contributed by atoms with van der Waals surface area (Å²) in [6.07, 6.45) is 3.38. The Morgan fingerprint density at radius 1 is 1.12 bits per heavy atom. The lowest BCUT2D eigenvalue weighted by atomic mass is 10.1. The molecular formula is C17H17N6OS+. The summed E-state index contributed by atoms with van der Waals surface area (Å²) in [6, 6.07) is 13.8. The lowest BCUT2D eigenvalue weighted by molar-refractivity contribution is -0.826. The van der Waals surface area contributed by atoms with E-state index in [2.05, 4.69) is 25.7 Å². The maximum absolute atomic E-state index is 9.28. The van der Waals surface area contributed by atoms with Gasteiger partial charge in [0.15, 0.2) is 5.69 Å². The number of nitrogens with one attached hydrogen (secondary N) is 2. The molecule has 0 bridgehead atoms. The zero-order chi connectivity index (χ0) is 17.1. The van der Waals surface area contributed by atoms with Crippen LogP contribution in [0.1, 0.15) is 10.6 Å². The smallest absolute Gasteiger partial charge is 0.210 e. The van der Waals surface area contributed by atoms with Gasteiger partial charge in [-0.15, -0.1) is 10.2 Å². The molecule has 4 rings (SSSR count). The molecule has 5 N–H and O–H groups in total. The van der Waals surface area contributed by atoms with Gasteiger partial charge >= 0.3 is 0 Å². The molecule has 25 heavy (non-hydrogen) atoms. The van der Waals surface area contributed by atoms with Crippen molar-refractivity contribution in [3.05, 3.63) is 59.2 Å². The SMILES string of the molecule is O[NH2+]c1ccccc1CCc1nnc(Nc2ccc3[nH]ncc3c2)s1. The molecule has 126 valence electrons. The molecule has 2 aromatic heterocycles. The van der Waals surface area contributed by atoms with E-state index in [1.54, 1.807) is 6.20 Å². The molecule has 0 atom stereocenters. The van der Waals surface area contributed by atoms with Gasteiger partial charge in [0.2, 0.25) is 5.13 Å². The fourth-order valence-corrected chi connectivity index (χ4v) is 3.44. The number of rotatable bonds is 6. The van der Waals surface area contributed by atoms with Crippen LogP contribution in [0.4, 0.5) is 16.5 Å². The molecular weight excluding hydrogens is 336 g/mol. The predicted molar refractivity (Wildman–Crippen MR) is 96.5 cm³/mol. The molecule has 0 aliphatic heterocycles. The number of nitrogens with two attached hydrogens (primary N) is 1. The number of quaternary nitrogens is 1. The number of anilines is 2. The minimum absolute atomic E-state index is 0.764. The van der Waals surface area contributed by atoms with Crippen molar-refractivity contribution in [3.8, 4) is 0 Å². The maximum atomic E-state index is 9.28. The second kappa shape index (κ2) is 6.98. The molecule has 0 amide bonds. The number of hydrogen-bond donors (Lipinski definition) is 4. The van der Waals surface area contributed by atoms with Crippen molar-refractivity contribution in [1.82, 2.24) is 20.4 Å². The number of para-hydroxylation sites is 1.